The van der Waals surface area contributed by atoms with E-state index in [1.54, 1.807) is 0 Å². The first-order valence-corrected chi connectivity index (χ1v) is 6.45. The normalized spacial score (nSPS) is 15.5. The zero-order valence-electron chi connectivity index (χ0n) is 11.1. The first-order valence-electron chi connectivity index (χ1n) is 6.45. The quantitative estimate of drug-likeness (QED) is 0.681. The summed E-state index contributed by atoms with van der Waals surface area (Å²) < 4.78 is 10.5. The highest BCUT2D eigenvalue weighted by Crippen LogP contribution is 2.13. The summed E-state index contributed by atoms with van der Waals surface area (Å²) in [4.78, 5) is 14.6. The summed E-state index contributed by atoms with van der Waals surface area (Å²) in [5, 5.41) is 3.07. The van der Waals surface area contributed by atoms with Gasteiger partial charge in [0.25, 0.3) is 0 Å². The molecule has 0 aromatic carbocycles. The van der Waals surface area contributed by atoms with E-state index in [4.69, 9.17) is 15.2 Å². The third-order valence-corrected chi connectivity index (χ3v) is 2.67. The topological polar surface area (TPSA) is 98.4 Å². The van der Waals surface area contributed by atoms with Crippen LogP contribution in [-0.2, 0) is 9.47 Å². The Morgan fingerprint density at radius 3 is 2.84 bits per heavy atom. The molecule has 1 saturated heterocycles. The summed E-state index contributed by atoms with van der Waals surface area (Å²) in [5.41, 5.74) is 5.71. The van der Waals surface area contributed by atoms with E-state index >= 15 is 0 Å². The van der Waals surface area contributed by atoms with E-state index in [1.807, 2.05) is 11.8 Å². The molecule has 19 heavy (non-hydrogen) atoms. The second-order valence-corrected chi connectivity index (χ2v) is 4.04. The number of hydrogen-bond donors (Lipinski definition) is 2. The molecule has 1 aromatic heterocycles. The maximum Gasteiger partial charge on any atom is 0.232 e. The molecule has 0 unspecified atom stereocenters. The van der Waals surface area contributed by atoms with E-state index in [9.17, 15) is 0 Å². The van der Waals surface area contributed by atoms with Gasteiger partial charge in [0.1, 0.15) is 0 Å². The Labute approximate surface area is 112 Å². The van der Waals surface area contributed by atoms with Crippen LogP contribution in [-0.4, -0.2) is 61.0 Å². The Morgan fingerprint density at radius 1 is 1.32 bits per heavy atom. The fraction of sp³-hybridized carbons (Fsp3) is 0.727. The van der Waals surface area contributed by atoms with Crippen LogP contribution in [0.25, 0.3) is 0 Å². The Hall–Kier alpha value is -1.67. The number of nitrogen functional groups attached to an aromatic ring is 1. The van der Waals surface area contributed by atoms with Gasteiger partial charge in [-0.1, -0.05) is 0 Å². The van der Waals surface area contributed by atoms with Crippen LogP contribution >= 0.6 is 0 Å². The first-order chi connectivity index (χ1) is 9.29. The van der Waals surface area contributed by atoms with Gasteiger partial charge in [0.2, 0.25) is 17.8 Å². The molecule has 0 radical (unpaired) electrons. The number of ether oxygens (including phenoxy) is 2. The van der Waals surface area contributed by atoms with E-state index in [0.717, 1.165) is 13.1 Å². The van der Waals surface area contributed by atoms with Crippen molar-refractivity contribution in [3.8, 4) is 0 Å². The molecule has 0 saturated carbocycles. The Morgan fingerprint density at radius 2 is 2.11 bits per heavy atom. The van der Waals surface area contributed by atoms with Gasteiger partial charge in [0.05, 0.1) is 19.8 Å². The van der Waals surface area contributed by atoms with Crippen LogP contribution in [0.1, 0.15) is 6.92 Å². The molecule has 1 fully saturated rings. The Balaban J connectivity index is 1.97. The molecule has 8 heteroatoms. The smallest absolute Gasteiger partial charge is 0.232 e. The maximum absolute atomic E-state index is 5.71. The van der Waals surface area contributed by atoms with E-state index in [2.05, 4.69) is 20.3 Å². The van der Waals surface area contributed by atoms with Crippen LogP contribution in [0.5, 0.6) is 0 Å². The zero-order chi connectivity index (χ0) is 13.5. The molecular weight excluding hydrogens is 248 g/mol. The van der Waals surface area contributed by atoms with Crippen molar-refractivity contribution in [3.63, 3.8) is 0 Å². The van der Waals surface area contributed by atoms with Crippen molar-refractivity contribution in [2.45, 2.75) is 6.92 Å². The molecule has 1 aliphatic heterocycles. The Kier molecular flexibility index (Phi) is 5.10. The fourth-order valence-electron chi connectivity index (χ4n) is 1.74. The number of rotatable bonds is 6. The van der Waals surface area contributed by atoms with Crippen molar-refractivity contribution in [3.05, 3.63) is 0 Å². The predicted octanol–water partition coefficient (Wildman–Crippen LogP) is -0.261. The number of hydrogen-bond acceptors (Lipinski definition) is 8. The summed E-state index contributed by atoms with van der Waals surface area (Å²) in [6.07, 6.45) is 0. The number of nitrogens with one attached hydrogen (secondary N) is 1. The molecule has 0 bridgehead atoms. The van der Waals surface area contributed by atoms with Crippen molar-refractivity contribution in [1.29, 1.82) is 0 Å². The van der Waals surface area contributed by atoms with Gasteiger partial charge in [-0.25, -0.2) is 0 Å². The highest BCUT2D eigenvalue weighted by molar-refractivity contribution is 5.42. The molecule has 106 valence electrons. The fourth-order valence-corrected chi connectivity index (χ4v) is 1.74. The average Bonchev–Trinajstić information content (AvgIpc) is 2.44. The average molecular weight is 268 g/mol. The number of nitrogens with zero attached hydrogens (tertiary/aromatic N) is 4. The lowest BCUT2D eigenvalue weighted by atomic mass is 10.4. The molecular formula is C11H20N6O2. The van der Waals surface area contributed by atoms with Gasteiger partial charge < -0.3 is 25.4 Å². The number of aromatic nitrogens is 3. The van der Waals surface area contributed by atoms with Crippen LogP contribution in [0.4, 0.5) is 17.8 Å². The minimum Gasteiger partial charge on any atom is -0.380 e. The third kappa shape index (κ3) is 4.18. The summed E-state index contributed by atoms with van der Waals surface area (Å²) in [6.45, 7) is 6.79. The van der Waals surface area contributed by atoms with E-state index in [0.29, 0.717) is 44.9 Å². The van der Waals surface area contributed by atoms with Crippen molar-refractivity contribution in [2.75, 3.05) is 62.0 Å². The number of morpholine rings is 1. The highest BCUT2D eigenvalue weighted by atomic mass is 16.5. The SMILES string of the molecule is CCOCCNc1nc(N)nc(N2CCOCC2)n1. The molecule has 0 spiro atoms. The molecule has 3 N–H and O–H groups in total. The second kappa shape index (κ2) is 7.05. The summed E-state index contributed by atoms with van der Waals surface area (Å²) >= 11 is 0. The lowest BCUT2D eigenvalue weighted by Crippen LogP contribution is -2.37. The van der Waals surface area contributed by atoms with Gasteiger partial charge >= 0.3 is 0 Å². The maximum atomic E-state index is 5.71. The van der Waals surface area contributed by atoms with Gasteiger partial charge in [-0.3, -0.25) is 0 Å². The zero-order valence-corrected chi connectivity index (χ0v) is 11.1. The van der Waals surface area contributed by atoms with Crippen molar-refractivity contribution < 1.29 is 9.47 Å². The first kappa shape index (κ1) is 13.8. The standard InChI is InChI=1S/C11H20N6O2/c1-2-18-6-3-13-10-14-9(12)15-11(16-10)17-4-7-19-8-5-17/h2-8H2,1H3,(H3,12,13,14,15,16). The largest absolute Gasteiger partial charge is 0.380 e. The van der Waals surface area contributed by atoms with Gasteiger partial charge in [-0.05, 0) is 6.92 Å². The molecule has 0 amide bonds. The van der Waals surface area contributed by atoms with E-state index in [1.165, 1.54) is 0 Å². The molecule has 2 heterocycles. The van der Waals surface area contributed by atoms with Gasteiger partial charge in [0, 0.05) is 26.2 Å². The predicted molar refractivity (Wildman–Crippen MR) is 72.3 cm³/mol. The van der Waals surface area contributed by atoms with Gasteiger partial charge in [-0.15, -0.1) is 0 Å². The summed E-state index contributed by atoms with van der Waals surface area (Å²) in [6, 6.07) is 0. The van der Waals surface area contributed by atoms with Crippen molar-refractivity contribution >= 4 is 17.8 Å². The number of anilines is 3. The van der Waals surface area contributed by atoms with Crippen LogP contribution in [0, 0.1) is 0 Å². The third-order valence-electron chi connectivity index (χ3n) is 2.67. The van der Waals surface area contributed by atoms with Crippen LogP contribution in [0.2, 0.25) is 0 Å². The second-order valence-electron chi connectivity index (χ2n) is 4.04. The van der Waals surface area contributed by atoms with Gasteiger partial charge in [-0.2, -0.15) is 15.0 Å². The van der Waals surface area contributed by atoms with Gasteiger partial charge in [0.15, 0.2) is 0 Å². The monoisotopic (exact) mass is 268 g/mol. The molecule has 0 atom stereocenters. The molecule has 0 aliphatic carbocycles. The van der Waals surface area contributed by atoms with Crippen LogP contribution in [0.3, 0.4) is 0 Å². The van der Waals surface area contributed by atoms with Crippen molar-refractivity contribution in [1.82, 2.24) is 15.0 Å². The van der Waals surface area contributed by atoms with Crippen molar-refractivity contribution in [2.24, 2.45) is 0 Å². The lowest BCUT2D eigenvalue weighted by molar-refractivity contribution is 0.122. The molecule has 1 aliphatic rings. The van der Waals surface area contributed by atoms with E-state index in [-0.39, 0.29) is 5.95 Å². The van der Waals surface area contributed by atoms with Crippen LogP contribution < -0.4 is 16.0 Å². The molecule has 1 aromatic rings. The summed E-state index contributed by atoms with van der Waals surface area (Å²) in [7, 11) is 0. The highest BCUT2D eigenvalue weighted by Gasteiger charge is 2.15. The number of nitrogens with two attached hydrogens (primary N) is 1. The molecule has 8 nitrogen and oxygen atoms in total. The van der Waals surface area contributed by atoms with Crippen LogP contribution in [0.15, 0.2) is 0 Å². The Bertz CT molecular complexity index is 397. The lowest BCUT2D eigenvalue weighted by Gasteiger charge is -2.26. The van der Waals surface area contributed by atoms with E-state index < -0.39 is 0 Å². The minimum atomic E-state index is 0.218. The summed E-state index contributed by atoms with van der Waals surface area (Å²) in [5.74, 6) is 1.29. The molecule has 2 rings (SSSR count). The minimum absolute atomic E-state index is 0.218.